The van der Waals surface area contributed by atoms with Gasteiger partial charge >= 0.3 is 0 Å². The van der Waals surface area contributed by atoms with E-state index in [0.717, 1.165) is 24.2 Å². The fraction of sp³-hybridized carbons (Fsp3) is 0.700. The summed E-state index contributed by atoms with van der Waals surface area (Å²) >= 11 is 3.41. The summed E-state index contributed by atoms with van der Waals surface area (Å²) in [6.07, 6.45) is 1.22. The third kappa shape index (κ3) is 2.52. The van der Waals surface area contributed by atoms with Gasteiger partial charge in [0.2, 0.25) is 0 Å². The Morgan fingerprint density at radius 3 is 2.67 bits per heavy atom. The lowest BCUT2D eigenvalue weighted by atomic mass is 10.4. The van der Waals surface area contributed by atoms with Crippen molar-refractivity contribution in [3.05, 3.63) is 10.7 Å². The van der Waals surface area contributed by atoms with E-state index in [1.807, 2.05) is 11.7 Å². The zero-order valence-corrected chi connectivity index (χ0v) is 10.9. The van der Waals surface area contributed by atoms with Crippen LogP contribution in [0, 0.1) is 0 Å². The van der Waals surface area contributed by atoms with E-state index in [1.165, 1.54) is 18.8 Å². The number of hydrogen-bond acceptors (Lipinski definition) is 3. The first kappa shape index (κ1) is 11.0. The van der Waals surface area contributed by atoms with E-state index < -0.39 is 0 Å². The van der Waals surface area contributed by atoms with Gasteiger partial charge in [-0.15, -0.1) is 0 Å². The standard InChI is InChI=1S/C10H17BrN4/c1-13-4-3-5-15(7-6-13)10-8-9(11)12-14(10)2/h8H,3-7H2,1-2H3. The third-order valence-electron chi connectivity index (χ3n) is 2.87. The van der Waals surface area contributed by atoms with E-state index in [1.54, 1.807) is 0 Å². The maximum absolute atomic E-state index is 4.31. The van der Waals surface area contributed by atoms with Crippen LogP contribution in [0.5, 0.6) is 0 Å². The summed E-state index contributed by atoms with van der Waals surface area (Å²) in [5.74, 6) is 1.21. The van der Waals surface area contributed by atoms with Crippen molar-refractivity contribution in [1.29, 1.82) is 0 Å². The van der Waals surface area contributed by atoms with Gasteiger partial charge in [-0.2, -0.15) is 5.10 Å². The van der Waals surface area contributed by atoms with Crippen LogP contribution in [0.1, 0.15) is 6.42 Å². The Morgan fingerprint density at radius 2 is 2.00 bits per heavy atom. The fourth-order valence-electron chi connectivity index (χ4n) is 1.99. The summed E-state index contributed by atoms with van der Waals surface area (Å²) in [4.78, 5) is 4.78. The molecule has 4 nitrogen and oxygen atoms in total. The number of rotatable bonds is 1. The second-order valence-electron chi connectivity index (χ2n) is 4.09. The van der Waals surface area contributed by atoms with Gasteiger partial charge in [0.25, 0.3) is 0 Å². The molecule has 0 N–H and O–H groups in total. The Bertz CT molecular complexity index is 336. The van der Waals surface area contributed by atoms with Crippen molar-refractivity contribution in [2.24, 2.45) is 7.05 Å². The average molecular weight is 273 g/mol. The van der Waals surface area contributed by atoms with Crippen molar-refractivity contribution in [1.82, 2.24) is 14.7 Å². The minimum atomic E-state index is 0.914. The number of halogens is 1. The van der Waals surface area contributed by atoms with Gasteiger partial charge in [-0.25, -0.2) is 0 Å². The largest absolute Gasteiger partial charge is 0.355 e. The molecule has 1 aromatic heterocycles. The molecule has 1 aromatic rings. The number of aryl methyl sites for hydroxylation is 1. The summed E-state index contributed by atoms with van der Waals surface area (Å²) in [7, 11) is 4.18. The molecule has 0 aliphatic carbocycles. The van der Waals surface area contributed by atoms with Crippen molar-refractivity contribution < 1.29 is 0 Å². The van der Waals surface area contributed by atoms with Crippen molar-refractivity contribution in [2.75, 3.05) is 38.1 Å². The Labute approximate surface area is 99.0 Å². The van der Waals surface area contributed by atoms with Gasteiger partial charge in [-0.3, -0.25) is 4.68 Å². The predicted molar refractivity (Wildman–Crippen MR) is 65.2 cm³/mol. The Morgan fingerprint density at radius 1 is 1.20 bits per heavy atom. The molecule has 0 aromatic carbocycles. The van der Waals surface area contributed by atoms with Gasteiger partial charge in [-0.05, 0) is 35.9 Å². The van der Waals surface area contributed by atoms with Crippen molar-refractivity contribution in [3.8, 4) is 0 Å². The molecule has 1 saturated heterocycles. The second kappa shape index (κ2) is 4.53. The average Bonchev–Trinajstić information content (AvgIpc) is 2.39. The minimum absolute atomic E-state index is 0.914. The summed E-state index contributed by atoms with van der Waals surface area (Å²) in [5.41, 5.74) is 0. The van der Waals surface area contributed by atoms with Crippen LogP contribution in [-0.4, -0.2) is 47.9 Å². The molecule has 5 heteroatoms. The molecule has 0 spiro atoms. The molecule has 0 bridgehead atoms. The molecule has 2 heterocycles. The molecule has 0 atom stereocenters. The van der Waals surface area contributed by atoms with Gasteiger partial charge < -0.3 is 9.80 Å². The molecular formula is C10H17BrN4. The molecule has 0 radical (unpaired) electrons. The Kier molecular flexibility index (Phi) is 3.31. The number of likely N-dealkylation sites (N-methyl/N-ethyl adjacent to an activating group) is 1. The normalized spacial score (nSPS) is 19.3. The fourth-order valence-corrected chi connectivity index (χ4v) is 2.44. The highest BCUT2D eigenvalue weighted by Crippen LogP contribution is 2.19. The number of hydrogen-bond donors (Lipinski definition) is 0. The van der Waals surface area contributed by atoms with Crippen molar-refractivity contribution >= 4 is 21.7 Å². The highest BCUT2D eigenvalue weighted by molar-refractivity contribution is 9.10. The van der Waals surface area contributed by atoms with Crippen LogP contribution in [-0.2, 0) is 7.05 Å². The smallest absolute Gasteiger partial charge is 0.130 e. The van der Waals surface area contributed by atoms with E-state index in [0.29, 0.717) is 0 Å². The topological polar surface area (TPSA) is 24.3 Å². The first-order valence-electron chi connectivity index (χ1n) is 5.30. The molecule has 2 rings (SSSR count). The predicted octanol–water partition coefficient (Wildman–Crippen LogP) is 1.32. The minimum Gasteiger partial charge on any atom is -0.355 e. The molecule has 1 aliphatic heterocycles. The molecule has 84 valence electrons. The van der Waals surface area contributed by atoms with Gasteiger partial charge in [0.1, 0.15) is 10.4 Å². The first-order chi connectivity index (χ1) is 7.16. The summed E-state index contributed by atoms with van der Waals surface area (Å²) in [6.45, 7) is 4.52. The zero-order chi connectivity index (χ0) is 10.8. The van der Waals surface area contributed by atoms with Gasteiger partial charge in [0, 0.05) is 32.7 Å². The maximum Gasteiger partial charge on any atom is 0.130 e. The SMILES string of the molecule is CN1CCCN(c2cc(Br)nn2C)CC1. The lowest BCUT2D eigenvalue weighted by Gasteiger charge is -2.22. The van der Waals surface area contributed by atoms with E-state index in [-0.39, 0.29) is 0 Å². The first-order valence-corrected chi connectivity index (χ1v) is 6.09. The summed E-state index contributed by atoms with van der Waals surface area (Å²) in [6, 6.07) is 2.09. The molecule has 0 amide bonds. The van der Waals surface area contributed by atoms with Gasteiger partial charge in [-0.1, -0.05) is 0 Å². The van der Waals surface area contributed by atoms with E-state index in [2.05, 4.69) is 43.9 Å². The molecule has 0 unspecified atom stereocenters. The highest BCUT2D eigenvalue weighted by Gasteiger charge is 2.15. The summed E-state index contributed by atoms with van der Waals surface area (Å²) < 4.78 is 2.85. The Balaban J connectivity index is 2.12. The monoisotopic (exact) mass is 272 g/mol. The van der Waals surface area contributed by atoms with Crippen LogP contribution >= 0.6 is 15.9 Å². The zero-order valence-electron chi connectivity index (χ0n) is 9.28. The van der Waals surface area contributed by atoms with Crippen molar-refractivity contribution in [2.45, 2.75) is 6.42 Å². The van der Waals surface area contributed by atoms with Crippen LogP contribution in [0.25, 0.3) is 0 Å². The van der Waals surface area contributed by atoms with Gasteiger partial charge in [0.15, 0.2) is 0 Å². The van der Waals surface area contributed by atoms with Crippen LogP contribution in [0.3, 0.4) is 0 Å². The van der Waals surface area contributed by atoms with Gasteiger partial charge in [0.05, 0.1) is 0 Å². The number of nitrogens with zero attached hydrogens (tertiary/aromatic N) is 4. The second-order valence-corrected chi connectivity index (χ2v) is 4.91. The summed E-state index contributed by atoms with van der Waals surface area (Å²) in [5, 5.41) is 4.31. The van der Waals surface area contributed by atoms with Crippen LogP contribution in [0.15, 0.2) is 10.7 Å². The molecule has 0 saturated carbocycles. The lowest BCUT2D eigenvalue weighted by Crippen LogP contribution is -2.30. The quantitative estimate of drug-likeness (QED) is 0.771. The molecule has 1 fully saturated rings. The third-order valence-corrected chi connectivity index (χ3v) is 3.26. The highest BCUT2D eigenvalue weighted by atomic mass is 79.9. The van der Waals surface area contributed by atoms with E-state index in [9.17, 15) is 0 Å². The molecule has 15 heavy (non-hydrogen) atoms. The van der Waals surface area contributed by atoms with Crippen LogP contribution in [0.4, 0.5) is 5.82 Å². The number of anilines is 1. The van der Waals surface area contributed by atoms with Crippen molar-refractivity contribution in [3.63, 3.8) is 0 Å². The van der Waals surface area contributed by atoms with E-state index in [4.69, 9.17) is 0 Å². The molecule has 1 aliphatic rings. The number of aromatic nitrogens is 2. The van der Waals surface area contributed by atoms with Crippen LogP contribution < -0.4 is 4.90 Å². The van der Waals surface area contributed by atoms with E-state index >= 15 is 0 Å². The lowest BCUT2D eigenvalue weighted by molar-refractivity contribution is 0.360. The Hall–Kier alpha value is -0.550. The maximum atomic E-state index is 4.31. The molecular weight excluding hydrogens is 256 g/mol. The van der Waals surface area contributed by atoms with Crippen LogP contribution in [0.2, 0.25) is 0 Å².